The Morgan fingerprint density at radius 1 is 1.73 bits per heavy atom. The van der Waals surface area contributed by atoms with Crippen molar-refractivity contribution in [3.63, 3.8) is 0 Å². The van der Waals surface area contributed by atoms with E-state index in [4.69, 9.17) is 11.3 Å². The number of hydrogen-bond acceptors (Lipinski definition) is 3. The Kier molecular flexibility index (Phi) is 2.97. The maximum absolute atomic E-state index is 6.44. The zero-order chi connectivity index (χ0) is 8.10. The molecule has 0 spiro atoms. The Morgan fingerprint density at radius 2 is 2.55 bits per heavy atom. The Hall–Kier alpha value is -0.970. The molecule has 0 amide bonds. The van der Waals surface area contributed by atoms with Crippen LogP contribution >= 0.6 is 0 Å². The fourth-order valence-electron chi connectivity index (χ4n) is 1.29. The van der Waals surface area contributed by atoms with Crippen molar-refractivity contribution in [1.82, 2.24) is 5.32 Å². The number of hydrogen-bond donors (Lipinski definition) is 3. The molecule has 62 valence electrons. The van der Waals surface area contributed by atoms with E-state index in [1.54, 1.807) is 0 Å². The molecular weight excluding hydrogens is 142 g/mol. The second-order valence-electron chi connectivity index (χ2n) is 2.69. The van der Waals surface area contributed by atoms with Crippen LogP contribution in [0.4, 0.5) is 0 Å². The minimum Gasteiger partial charge on any atom is -0.386 e. The summed E-state index contributed by atoms with van der Waals surface area (Å²) in [6.45, 7) is 1.07. The molecule has 0 aromatic rings. The number of amidine groups is 1. The second kappa shape index (κ2) is 4.02. The van der Waals surface area contributed by atoms with E-state index in [2.05, 4.69) is 15.6 Å². The van der Waals surface area contributed by atoms with E-state index in [0.29, 0.717) is 18.3 Å². The number of rotatable bonds is 3. The first-order chi connectivity index (χ1) is 5.33. The van der Waals surface area contributed by atoms with Crippen LogP contribution in [0.25, 0.3) is 0 Å². The highest BCUT2D eigenvalue weighted by atomic mass is 15.3. The third-order valence-electron chi connectivity index (χ3n) is 1.80. The monoisotopic (exact) mass is 155 g/mol. The highest BCUT2D eigenvalue weighted by Crippen LogP contribution is 2.07. The number of nitrogens with two attached hydrogens (primary N) is 1. The van der Waals surface area contributed by atoms with Crippen molar-refractivity contribution in [2.75, 3.05) is 6.54 Å². The summed E-state index contributed by atoms with van der Waals surface area (Å²) in [5.74, 6) is 0.444. The van der Waals surface area contributed by atoms with Gasteiger partial charge in [-0.2, -0.15) is 5.53 Å². The predicted molar refractivity (Wildman–Crippen MR) is 42.4 cm³/mol. The van der Waals surface area contributed by atoms with Gasteiger partial charge in [-0.1, -0.05) is 5.22 Å². The van der Waals surface area contributed by atoms with Gasteiger partial charge in [-0.25, -0.2) is 0 Å². The van der Waals surface area contributed by atoms with E-state index in [1.807, 2.05) is 0 Å². The molecule has 0 saturated carbocycles. The van der Waals surface area contributed by atoms with E-state index in [9.17, 15) is 0 Å². The number of nitrogens with one attached hydrogen (secondary N) is 2. The Bertz CT molecular complexity index is 158. The number of nitrogens with zero attached hydrogens (tertiary/aromatic N) is 2. The molecule has 0 aliphatic carbocycles. The third-order valence-corrected chi connectivity index (χ3v) is 1.80. The van der Waals surface area contributed by atoms with Gasteiger partial charge in [-0.15, -0.1) is 5.10 Å². The van der Waals surface area contributed by atoms with Crippen molar-refractivity contribution in [2.45, 2.75) is 25.3 Å². The molecule has 1 fully saturated rings. The van der Waals surface area contributed by atoms with Gasteiger partial charge in [-0.05, 0) is 19.4 Å². The lowest BCUT2D eigenvalue weighted by Crippen LogP contribution is -2.27. The van der Waals surface area contributed by atoms with Crippen LogP contribution in [0.3, 0.4) is 0 Å². The summed E-state index contributed by atoms with van der Waals surface area (Å²) >= 11 is 0. The largest absolute Gasteiger partial charge is 0.386 e. The molecular formula is C6H13N5. The molecule has 4 N–H and O–H groups in total. The van der Waals surface area contributed by atoms with Crippen molar-refractivity contribution in [3.8, 4) is 0 Å². The Labute approximate surface area is 65.6 Å². The zero-order valence-corrected chi connectivity index (χ0v) is 6.38. The summed E-state index contributed by atoms with van der Waals surface area (Å²) in [6.07, 6.45) is 3.06. The van der Waals surface area contributed by atoms with Crippen LogP contribution in [-0.2, 0) is 0 Å². The lowest BCUT2D eigenvalue weighted by molar-refractivity contribution is 0.625. The van der Waals surface area contributed by atoms with Crippen molar-refractivity contribution >= 4 is 5.84 Å². The van der Waals surface area contributed by atoms with Gasteiger partial charge in [-0.3, -0.25) is 0 Å². The first kappa shape index (κ1) is 8.13. The van der Waals surface area contributed by atoms with Crippen molar-refractivity contribution in [3.05, 3.63) is 0 Å². The minimum atomic E-state index is 0.444. The summed E-state index contributed by atoms with van der Waals surface area (Å²) in [4.78, 5) is 0. The first-order valence-corrected chi connectivity index (χ1v) is 3.75. The molecule has 0 aromatic carbocycles. The van der Waals surface area contributed by atoms with Gasteiger partial charge in [0, 0.05) is 12.5 Å². The van der Waals surface area contributed by atoms with Gasteiger partial charge in [0.1, 0.15) is 5.84 Å². The molecule has 5 heteroatoms. The summed E-state index contributed by atoms with van der Waals surface area (Å²) in [5.41, 5.74) is 11.9. The smallest absolute Gasteiger partial charge is 0.125 e. The van der Waals surface area contributed by atoms with E-state index >= 15 is 0 Å². The van der Waals surface area contributed by atoms with Gasteiger partial charge in [0.2, 0.25) is 0 Å². The molecule has 1 aliphatic rings. The lowest BCUT2D eigenvalue weighted by Gasteiger charge is -2.06. The van der Waals surface area contributed by atoms with Gasteiger partial charge in [0.25, 0.3) is 0 Å². The quantitative estimate of drug-likeness (QED) is 0.239. The van der Waals surface area contributed by atoms with Crippen molar-refractivity contribution < 1.29 is 0 Å². The molecule has 0 unspecified atom stereocenters. The van der Waals surface area contributed by atoms with Gasteiger partial charge in [0.05, 0.1) is 0 Å². The molecule has 1 saturated heterocycles. The first-order valence-electron chi connectivity index (χ1n) is 3.75. The van der Waals surface area contributed by atoms with E-state index in [1.165, 1.54) is 6.42 Å². The van der Waals surface area contributed by atoms with E-state index < -0.39 is 0 Å². The summed E-state index contributed by atoms with van der Waals surface area (Å²) < 4.78 is 0. The maximum atomic E-state index is 6.44. The van der Waals surface area contributed by atoms with Crippen LogP contribution < -0.4 is 11.1 Å². The highest BCUT2D eigenvalue weighted by Gasteiger charge is 2.14. The summed E-state index contributed by atoms with van der Waals surface area (Å²) in [7, 11) is 0. The van der Waals surface area contributed by atoms with Crippen LogP contribution in [0.2, 0.25) is 0 Å². The summed E-state index contributed by atoms with van der Waals surface area (Å²) in [6, 6.07) is 0.445. The maximum Gasteiger partial charge on any atom is 0.125 e. The fourth-order valence-corrected chi connectivity index (χ4v) is 1.29. The topological polar surface area (TPSA) is 86.6 Å². The Balaban J connectivity index is 2.28. The van der Waals surface area contributed by atoms with E-state index in [-0.39, 0.29) is 0 Å². The second-order valence-corrected chi connectivity index (χ2v) is 2.69. The normalized spacial score (nSPS) is 25.5. The molecule has 1 rings (SSSR count). The van der Waals surface area contributed by atoms with Crippen LogP contribution in [-0.4, -0.2) is 18.4 Å². The minimum absolute atomic E-state index is 0.444. The van der Waals surface area contributed by atoms with Gasteiger partial charge >= 0.3 is 0 Å². The van der Waals surface area contributed by atoms with Crippen LogP contribution in [0.5, 0.6) is 0 Å². The SMILES string of the molecule is N=NN=C(N)C[C@H]1CCCN1. The Morgan fingerprint density at radius 3 is 3.09 bits per heavy atom. The molecule has 1 aliphatic heterocycles. The predicted octanol–water partition coefficient (Wildman–Crippen LogP) is 0.432. The van der Waals surface area contributed by atoms with Gasteiger partial charge in [0.15, 0.2) is 0 Å². The van der Waals surface area contributed by atoms with Crippen molar-refractivity contribution in [1.29, 1.82) is 5.53 Å². The summed E-state index contributed by atoms with van der Waals surface area (Å²) in [5, 5.41) is 9.58. The van der Waals surface area contributed by atoms with Gasteiger partial charge < -0.3 is 11.1 Å². The van der Waals surface area contributed by atoms with Crippen molar-refractivity contribution in [2.24, 2.45) is 16.1 Å². The third kappa shape index (κ3) is 2.63. The standard InChI is InChI=1S/C6H13N5/c7-6(10-11-8)4-5-2-1-3-9-5/h5,9H,1-4H2,(H3,7,8,10)/t5-/m1/s1. The molecule has 11 heavy (non-hydrogen) atoms. The molecule has 0 radical (unpaired) electrons. The molecule has 5 nitrogen and oxygen atoms in total. The lowest BCUT2D eigenvalue weighted by atomic mass is 10.1. The van der Waals surface area contributed by atoms with Crippen LogP contribution in [0, 0.1) is 5.53 Å². The average molecular weight is 155 g/mol. The average Bonchev–Trinajstić information content (AvgIpc) is 2.40. The van der Waals surface area contributed by atoms with Crippen LogP contribution in [0.1, 0.15) is 19.3 Å². The molecule has 0 aromatic heterocycles. The molecule has 1 heterocycles. The molecule has 0 bridgehead atoms. The fraction of sp³-hybridized carbons (Fsp3) is 0.833. The highest BCUT2D eigenvalue weighted by molar-refractivity contribution is 5.80. The van der Waals surface area contributed by atoms with E-state index in [0.717, 1.165) is 13.0 Å². The van der Waals surface area contributed by atoms with Crippen LogP contribution in [0.15, 0.2) is 10.3 Å². The zero-order valence-electron chi connectivity index (χ0n) is 6.38. The molecule has 1 atom stereocenters.